The van der Waals surface area contributed by atoms with Gasteiger partial charge >= 0.3 is 0 Å². The molecule has 0 aliphatic heterocycles. The van der Waals surface area contributed by atoms with Crippen LogP contribution in [0.2, 0.25) is 0 Å². The highest BCUT2D eigenvalue weighted by atomic mass is 32.1. The Morgan fingerprint density at radius 3 is 2.79 bits per heavy atom. The number of aromatic amines is 1. The molecule has 1 amide bonds. The zero-order chi connectivity index (χ0) is 19.7. The highest BCUT2D eigenvalue weighted by Crippen LogP contribution is 2.27. The third-order valence-electron chi connectivity index (χ3n) is 4.48. The van der Waals surface area contributed by atoms with Gasteiger partial charge in [0.25, 0.3) is 0 Å². The summed E-state index contributed by atoms with van der Waals surface area (Å²) < 4.78 is 3.16. The second-order valence-electron chi connectivity index (χ2n) is 6.53. The number of H-pyrrole nitrogens is 1. The Bertz CT molecular complexity index is 1200. The number of nitrogens with zero attached hydrogens (tertiary/aromatic N) is 3. The molecule has 6 nitrogen and oxygen atoms in total. The number of amides is 1. The molecule has 0 saturated heterocycles. The molecular weight excluding hydrogens is 390 g/mol. The Kier molecular flexibility index (Phi) is 5.06. The number of hydrogen-bond acceptors (Lipinski definition) is 5. The Balaban J connectivity index is 1.55. The van der Waals surface area contributed by atoms with E-state index in [1.807, 2.05) is 37.3 Å². The van der Waals surface area contributed by atoms with Crippen LogP contribution in [0.4, 0.5) is 5.13 Å². The van der Waals surface area contributed by atoms with Crippen molar-refractivity contribution in [3.63, 3.8) is 0 Å². The molecule has 4 aromatic rings. The fourth-order valence-corrected chi connectivity index (χ4v) is 4.07. The van der Waals surface area contributed by atoms with Crippen LogP contribution in [-0.2, 0) is 17.8 Å². The molecule has 2 aromatic heterocycles. The molecule has 0 radical (unpaired) electrons. The van der Waals surface area contributed by atoms with Crippen LogP contribution in [0.25, 0.3) is 21.6 Å². The summed E-state index contributed by atoms with van der Waals surface area (Å²) in [5, 5.41) is 10.5. The molecule has 0 saturated carbocycles. The van der Waals surface area contributed by atoms with Gasteiger partial charge in [0.15, 0.2) is 15.7 Å². The standard InChI is InChI=1S/C20H19N5OS2/c1-3-13-6-9-15-16(10-13)28-19(21-15)22-17(26)11-25-18(23-24-20(25)27)14-7-4-12(2)5-8-14/h4-10H,3,11H2,1-2H3,(H,24,27)(H,21,22,26). The SMILES string of the molecule is CCc1ccc2nc(NC(=O)Cn3c(-c4ccc(C)cc4)n[nH]c3=S)sc2c1. The summed E-state index contributed by atoms with van der Waals surface area (Å²) in [5.41, 5.74) is 4.20. The zero-order valence-corrected chi connectivity index (χ0v) is 17.2. The van der Waals surface area contributed by atoms with Gasteiger partial charge in [-0.2, -0.15) is 5.10 Å². The molecule has 0 aliphatic rings. The van der Waals surface area contributed by atoms with Crippen molar-refractivity contribution in [1.29, 1.82) is 0 Å². The van der Waals surface area contributed by atoms with Gasteiger partial charge in [0.1, 0.15) is 6.54 Å². The van der Waals surface area contributed by atoms with Crippen molar-refractivity contribution < 1.29 is 4.79 Å². The summed E-state index contributed by atoms with van der Waals surface area (Å²) in [6, 6.07) is 14.1. The van der Waals surface area contributed by atoms with Crippen molar-refractivity contribution in [1.82, 2.24) is 19.7 Å². The monoisotopic (exact) mass is 409 g/mol. The maximum Gasteiger partial charge on any atom is 0.246 e. The molecule has 0 unspecified atom stereocenters. The molecule has 2 N–H and O–H groups in total. The van der Waals surface area contributed by atoms with Crippen molar-refractivity contribution in [3.05, 3.63) is 58.4 Å². The van der Waals surface area contributed by atoms with Crippen molar-refractivity contribution in [2.24, 2.45) is 0 Å². The Morgan fingerprint density at radius 2 is 2.04 bits per heavy atom. The molecule has 0 spiro atoms. The van der Waals surface area contributed by atoms with Gasteiger partial charge in [-0.1, -0.05) is 54.2 Å². The first-order chi connectivity index (χ1) is 13.5. The maximum absolute atomic E-state index is 12.6. The van der Waals surface area contributed by atoms with Crippen molar-refractivity contribution >= 4 is 44.8 Å². The van der Waals surface area contributed by atoms with Crippen molar-refractivity contribution in [3.8, 4) is 11.4 Å². The minimum Gasteiger partial charge on any atom is -0.300 e. The molecule has 28 heavy (non-hydrogen) atoms. The topological polar surface area (TPSA) is 75.6 Å². The fraction of sp³-hybridized carbons (Fsp3) is 0.200. The lowest BCUT2D eigenvalue weighted by atomic mass is 10.1. The van der Waals surface area contributed by atoms with Gasteiger partial charge in [-0.05, 0) is 43.3 Å². The molecular formula is C20H19N5OS2. The molecule has 0 fully saturated rings. The summed E-state index contributed by atoms with van der Waals surface area (Å²) in [5.74, 6) is 0.442. The first kappa shape index (κ1) is 18.5. The van der Waals surface area contributed by atoms with Crippen molar-refractivity contribution in [2.45, 2.75) is 26.8 Å². The summed E-state index contributed by atoms with van der Waals surface area (Å²) in [6.07, 6.45) is 0.968. The molecule has 8 heteroatoms. The Morgan fingerprint density at radius 1 is 1.25 bits per heavy atom. The van der Waals surface area contributed by atoms with Gasteiger partial charge in [0.05, 0.1) is 10.2 Å². The summed E-state index contributed by atoms with van der Waals surface area (Å²) in [4.78, 5) is 17.1. The molecule has 4 rings (SSSR count). The van der Waals surface area contributed by atoms with Crippen LogP contribution in [0.5, 0.6) is 0 Å². The van der Waals surface area contributed by atoms with Gasteiger partial charge in [0, 0.05) is 5.56 Å². The lowest BCUT2D eigenvalue weighted by Crippen LogP contribution is -2.19. The van der Waals surface area contributed by atoms with E-state index in [0.29, 0.717) is 15.7 Å². The van der Waals surface area contributed by atoms with E-state index in [1.54, 1.807) is 4.57 Å². The lowest BCUT2D eigenvalue weighted by Gasteiger charge is -2.07. The number of nitrogens with one attached hydrogen (secondary N) is 2. The number of anilines is 1. The zero-order valence-electron chi connectivity index (χ0n) is 15.5. The number of hydrogen-bond donors (Lipinski definition) is 2. The Hall–Kier alpha value is -2.84. The average Bonchev–Trinajstić information content (AvgIpc) is 3.25. The highest BCUT2D eigenvalue weighted by Gasteiger charge is 2.14. The van der Waals surface area contributed by atoms with Crippen LogP contribution in [0, 0.1) is 11.7 Å². The van der Waals surface area contributed by atoms with E-state index in [9.17, 15) is 4.79 Å². The number of benzene rings is 2. The van der Waals surface area contributed by atoms with E-state index in [0.717, 1.165) is 27.8 Å². The normalized spacial score (nSPS) is 11.1. The van der Waals surface area contributed by atoms with Gasteiger partial charge in [-0.25, -0.2) is 4.98 Å². The summed E-state index contributed by atoms with van der Waals surface area (Å²) in [7, 11) is 0. The second kappa shape index (κ2) is 7.65. The number of fused-ring (bicyclic) bond motifs is 1. The van der Waals surface area contributed by atoms with Gasteiger partial charge in [-0.15, -0.1) is 0 Å². The lowest BCUT2D eigenvalue weighted by molar-refractivity contribution is -0.116. The van der Waals surface area contributed by atoms with Crippen LogP contribution in [-0.4, -0.2) is 25.7 Å². The van der Waals surface area contributed by atoms with Gasteiger partial charge in [0.2, 0.25) is 5.91 Å². The number of thiazole rings is 1. The number of carbonyl (C=O) groups is 1. The predicted octanol–water partition coefficient (Wildman–Crippen LogP) is 4.73. The number of aromatic nitrogens is 4. The minimum atomic E-state index is -0.194. The first-order valence-corrected chi connectivity index (χ1v) is 10.2. The first-order valence-electron chi connectivity index (χ1n) is 8.95. The molecule has 2 aromatic carbocycles. The van der Waals surface area contributed by atoms with Crippen molar-refractivity contribution in [2.75, 3.05) is 5.32 Å². The van der Waals surface area contributed by atoms with Gasteiger partial charge in [-0.3, -0.25) is 14.5 Å². The number of carbonyl (C=O) groups excluding carboxylic acids is 1. The highest BCUT2D eigenvalue weighted by molar-refractivity contribution is 7.71. The van der Waals surface area contributed by atoms with E-state index >= 15 is 0 Å². The molecule has 0 aliphatic carbocycles. The van der Waals surface area contributed by atoms with Gasteiger partial charge < -0.3 is 5.32 Å². The fourth-order valence-electron chi connectivity index (χ4n) is 2.93. The third kappa shape index (κ3) is 3.74. The Labute approximate surface area is 171 Å². The number of rotatable bonds is 5. The van der Waals surface area contributed by atoms with Crippen LogP contribution >= 0.6 is 23.6 Å². The molecule has 142 valence electrons. The van der Waals surface area contributed by atoms with Crippen LogP contribution in [0.3, 0.4) is 0 Å². The molecule has 2 heterocycles. The van der Waals surface area contributed by atoms with E-state index in [-0.39, 0.29) is 12.5 Å². The summed E-state index contributed by atoms with van der Waals surface area (Å²) >= 11 is 6.79. The number of aryl methyl sites for hydroxylation is 2. The summed E-state index contributed by atoms with van der Waals surface area (Å²) in [6.45, 7) is 4.20. The quantitative estimate of drug-likeness (QED) is 0.467. The minimum absolute atomic E-state index is 0.0642. The van der Waals surface area contributed by atoms with E-state index < -0.39 is 0 Å². The molecule has 0 bridgehead atoms. The van der Waals surface area contributed by atoms with E-state index in [2.05, 4.69) is 39.6 Å². The van der Waals surface area contributed by atoms with Crippen LogP contribution < -0.4 is 5.32 Å². The third-order valence-corrected chi connectivity index (χ3v) is 5.72. The maximum atomic E-state index is 12.6. The molecule has 0 atom stereocenters. The predicted molar refractivity (Wildman–Crippen MR) is 115 cm³/mol. The largest absolute Gasteiger partial charge is 0.300 e. The van der Waals surface area contributed by atoms with E-state index in [4.69, 9.17) is 12.2 Å². The second-order valence-corrected chi connectivity index (χ2v) is 7.94. The smallest absolute Gasteiger partial charge is 0.246 e. The van der Waals surface area contributed by atoms with Crippen LogP contribution in [0.15, 0.2) is 42.5 Å². The average molecular weight is 410 g/mol. The van der Waals surface area contributed by atoms with E-state index in [1.165, 1.54) is 16.9 Å². The van der Waals surface area contributed by atoms with Crippen LogP contribution in [0.1, 0.15) is 18.1 Å².